The molecule has 1 N–H and O–H groups in total. The molecule has 2 rings (SSSR count). The summed E-state index contributed by atoms with van der Waals surface area (Å²) in [5, 5.41) is 2.80. The molecule has 2 aromatic rings. The van der Waals surface area contributed by atoms with E-state index in [1.54, 1.807) is 19.3 Å². The Morgan fingerprint density at radius 2 is 2.06 bits per heavy atom. The second-order valence-corrected chi connectivity index (χ2v) is 5.07. The van der Waals surface area contributed by atoms with Gasteiger partial charge >= 0.3 is 0 Å². The fraction of sp³-hybridized carbons (Fsp3) is 0.0909. The maximum atomic E-state index is 13.2. The number of hydrogen-bond acceptors (Lipinski definition) is 4. The number of nitrogens with zero attached hydrogens (tertiary/aromatic N) is 2. The van der Waals surface area contributed by atoms with Crippen molar-refractivity contribution in [2.75, 3.05) is 12.4 Å². The summed E-state index contributed by atoms with van der Waals surface area (Å²) in [5.41, 5.74) is 0. The van der Waals surface area contributed by atoms with Gasteiger partial charge in [0.15, 0.2) is 0 Å². The number of nitrogens with one attached hydrogen (secondary N) is 1. The normalized spacial score (nSPS) is 10.2. The van der Waals surface area contributed by atoms with Crippen LogP contribution in [0.2, 0.25) is 0 Å². The predicted octanol–water partition coefficient (Wildman–Crippen LogP) is 3.97. The van der Waals surface area contributed by atoms with E-state index in [9.17, 15) is 4.39 Å². The predicted molar refractivity (Wildman–Crippen MR) is 73.5 cm³/mol. The lowest BCUT2D eigenvalue weighted by Gasteiger charge is -2.08. The zero-order chi connectivity index (χ0) is 13.1. The Hall–Kier alpha value is -1.21. The van der Waals surface area contributed by atoms with Crippen LogP contribution in [0.25, 0.3) is 0 Å². The van der Waals surface area contributed by atoms with Gasteiger partial charge in [0.05, 0.1) is 10.7 Å². The van der Waals surface area contributed by atoms with Crippen LogP contribution in [-0.4, -0.2) is 17.0 Å². The molecular formula is C11H8Br2FN3O. The molecule has 0 unspecified atom stereocenters. The molecular weight excluding hydrogens is 369 g/mol. The minimum Gasteiger partial charge on any atom is -0.438 e. The Morgan fingerprint density at radius 3 is 2.72 bits per heavy atom. The standard InChI is InChI=1S/C11H8Br2FN3O/c1-15-11-16-5-9(13)10(17-11)18-8-3-6(12)2-7(14)4-8/h2-5H,1H3,(H,15,16,17). The van der Waals surface area contributed by atoms with Gasteiger partial charge in [0, 0.05) is 17.6 Å². The number of rotatable bonds is 3. The van der Waals surface area contributed by atoms with Crippen molar-refractivity contribution < 1.29 is 9.13 Å². The molecule has 1 heterocycles. The van der Waals surface area contributed by atoms with E-state index >= 15 is 0 Å². The Labute approximate surface area is 120 Å². The van der Waals surface area contributed by atoms with Crippen molar-refractivity contribution in [2.24, 2.45) is 0 Å². The average molecular weight is 377 g/mol. The summed E-state index contributed by atoms with van der Waals surface area (Å²) in [6.07, 6.45) is 1.56. The molecule has 0 atom stereocenters. The highest BCUT2D eigenvalue weighted by Gasteiger charge is 2.08. The molecule has 0 fully saturated rings. The van der Waals surface area contributed by atoms with E-state index < -0.39 is 5.82 Å². The second kappa shape index (κ2) is 5.62. The number of halogens is 3. The highest BCUT2D eigenvalue weighted by Crippen LogP contribution is 2.29. The van der Waals surface area contributed by atoms with Crippen molar-refractivity contribution in [3.05, 3.63) is 39.2 Å². The van der Waals surface area contributed by atoms with E-state index in [1.165, 1.54) is 12.1 Å². The maximum Gasteiger partial charge on any atom is 0.238 e. The van der Waals surface area contributed by atoms with Gasteiger partial charge in [-0.25, -0.2) is 9.37 Å². The Balaban J connectivity index is 2.33. The van der Waals surface area contributed by atoms with E-state index in [1.807, 2.05) is 0 Å². The molecule has 0 bridgehead atoms. The van der Waals surface area contributed by atoms with Crippen LogP contribution in [0.4, 0.5) is 10.3 Å². The molecule has 0 radical (unpaired) electrons. The molecule has 0 spiro atoms. The first-order valence-electron chi connectivity index (χ1n) is 4.92. The van der Waals surface area contributed by atoms with Gasteiger partial charge in [-0.3, -0.25) is 0 Å². The third-order valence-corrected chi connectivity index (χ3v) is 2.99. The number of aromatic nitrogens is 2. The Morgan fingerprint density at radius 1 is 1.28 bits per heavy atom. The maximum absolute atomic E-state index is 13.2. The zero-order valence-corrected chi connectivity index (χ0v) is 12.4. The average Bonchev–Trinajstić information content (AvgIpc) is 2.30. The number of ether oxygens (including phenoxy) is 1. The summed E-state index contributed by atoms with van der Waals surface area (Å²) in [6.45, 7) is 0. The van der Waals surface area contributed by atoms with Crippen LogP contribution in [0.5, 0.6) is 11.6 Å². The molecule has 0 amide bonds. The summed E-state index contributed by atoms with van der Waals surface area (Å²) in [6, 6.07) is 4.27. The molecule has 7 heteroatoms. The van der Waals surface area contributed by atoms with E-state index in [0.717, 1.165) is 0 Å². The van der Waals surface area contributed by atoms with Gasteiger partial charge < -0.3 is 10.1 Å². The van der Waals surface area contributed by atoms with Gasteiger partial charge in [0.2, 0.25) is 11.8 Å². The number of hydrogen-bond donors (Lipinski definition) is 1. The third kappa shape index (κ3) is 3.17. The van der Waals surface area contributed by atoms with Crippen molar-refractivity contribution >= 4 is 37.8 Å². The molecule has 0 saturated heterocycles. The van der Waals surface area contributed by atoms with Gasteiger partial charge in [0.1, 0.15) is 11.6 Å². The highest BCUT2D eigenvalue weighted by molar-refractivity contribution is 9.10. The Kier molecular flexibility index (Phi) is 4.13. The van der Waals surface area contributed by atoms with Gasteiger partial charge in [-0.15, -0.1) is 0 Å². The first kappa shape index (κ1) is 13.2. The first-order valence-corrected chi connectivity index (χ1v) is 6.51. The molecule has 0 saturated carbocycles. The zero-order valence-electron chi connectivity index (χ0n) is 9.25. The van der Waals surface area contributed by atoms with Crippen molar-refractivity contribution in [3.8, 4) is 11.6 Å². The van der Waals surface area contributed by atoms with Crippen LogP contribution in [0, 0.1) is 5.82 Å². The van der Waals surface area contributed by atoms with Crippen LogP contribution < -0.4 is 10.1 Å². The molecule has 1 aromatic carbocycles. The SMILES string of the molecule is CNc1ncc(Br)c(Oc2cc(F)cc(Br)c2)n1. The summed E-state index contributed by atoms with van der Waals surface area (Å²) in [4.78, 5) is 8.12. The quantitative estimate of drug-likeness (QED) is 0.880. The van der Waals surface area contributed by atoms with E-state index in [-0.39, 0.29) is 0 Å². The third-order valence-electron chi connectivity index (χ3n) is 1.99. The van der Waals surface area contributed by atoms with Gasteiger partial charge in [0.25, 0.3) is 0 Å². The fourth-order valence-corrected chi connectivity index (χ4v) is 1.96. The van der Waals surface area contributed by atoms with Crippen LogP contribution in [0.1, 0.15) is 0 Å². The van der Waals surface area contributed by atoms with Crippen molar-refractivity contribution in [2.45, 2.75) is 0 Å². The molecule has 1 aromatic heterocycles. The van der Waals surface area contributed by atoms with E-state index in [0.29, 0.717) is 26.5 Å². The van der Waals surface area contributed by atoms with Crippen molar-refractivity contribution in [1.82, 2.24) is 9.97 Å². The summed E-state index contributed by atoms with van der Waals surface area (Å²) in [5.74, 6) is 0.692. The fourth-order valence-electron chi connectivity index (χ4n) is 1.24. The van der Waals surface area contributed by atoms with Crippen molar-refractivity contribution in [1.29, 1.82) is 0 Å². The van der Waals surface area contributed by atoms with E-state index in [2.05, 4.69) is 47.1 Å². The lowest BCUT2D eigenvalue weighted by molar-refractivity contribution is 0.454. The molecule has 4 nitrogen and oxygen atoms in total. The van der Waals surface area contributed by atoms with E-state index in [4.69, 9.17) is 4.74 Å². The minimum atomic E-state index is -0.390. The van der Waals surface area contributed by atoms with Crippen LogP contribution in [-0.2, 0) is 0 Å². The Bertz CT molecular complexity index is 560. The van der Waals surface area contributed by atoms with Crippen LogP contribution in [0.3, 0.4) is 0 Å². The highest BCUT2D eigenvalue weighted by atomic mass is 79.9. The monoisotopic (exact) mass is 375 g/mol. The van der Waals surface area contributed by atoms with Crippen LogP contribution in [0.15, 0.2) is 33.3 Å². The largest absolute Gasteiger partial charge is 0.438 e. The topological polar surface area (TPSA) is 47.0 Å². The molecule has 0 aliphatic carbocycles. The van der Waals surface area contributed by atoms with Gasteiger partial charge in [-0.1, -0.05) is 15.9 Å². The van der Waals surface area contributed by atoms with Crippen molar-refractivity contribution in [3.63, 3.8) is 0 Å². The second-order valence-electron chi connectivity index (χ2n) is 3.30. The minimum absolute atomic E-state index is 0.312. The lowest BCUT2D eigenvalue weighted by Crippen LogP contribution is -1.98. The van der Waals surface area contributed by atoms with Gasteiger partial charge in [-0.05, 0) is 28.1 Å². The summed E-state index contributed by atoms with van der Waals surface area (Å²) in [7, 11) is 1.70. The lowest BCUT2D eigenvalue weighted by atomic mass is 10.3. The van der Waals surface area contributed by atoms with Gasteiger partial charge in [-0.2, -0.15) is 4.98 Å². The molecule has 0 aliphatic heterocycles. The molecule has 0 aliphatic rings. The smallest absolute Gasteiger partial charge is 0.238 e. The molecule has 94 valence electrons. The number of anilines is 1. The summed E-state index contributed by atoms with van der Waals surface area (Å²) < 4.78 is 19.9. The van der Waals surface area contributed by atoms with Crippen LogP contribution >= 0.6 is 31.9 Å². The first-order chi connectivity index (χ1) is 8.58. The molecule has 18 heavy (non-hydrogen) atoms. The number of benzene rings is 1. The summed E-state index contributed by atoms with van der Waals surface area (Å²) >= 11 is 6.47.